The smallest absolute Gasteiger partial charge is 0.240 e. The first-order valence-corrected chi connectivity index (χ1v) is 10.5. The minimum atomic E-state index is -1.57. The fourth-order valence-electron chi connectivity index (χ4n) is 5.08. The van der Waals surface area contributed by atoms with Crippen LogP contribution in [0.4, 0.5) is 0 Å². The second-order valence-corrected chi connectivity index (χ2v) is 8.73. The number of carbonyl (C=O) groups excluding carboxylic acids is 3. The number of benzene rings is 1. The lowest BCUT2D eigenvalue weighted by molar-refractivity contribution is -0.740. The first-order chi connectivity index (χ1) is 14.2. The van der Waals surface area contributed by atoms with Crippen molar-refractivity contribution in [2.75, 3.05) is 13.7 Å². The highest BCUT2D eigenvalue weighted by atomic mass is 16.5. The number of phenols is 1. The van der Waals surface area contributed by atoms with E-state index in [0.29, 0.717) is 17.7 Å². The number of carboxylic acids is 1. The van der Waals surface area contributed by atoms with Crippen molar-refractivity contribution in [3.8, 4) is 11.5 Å². The number of unbranched alkanes of at least 4 members (excludes halogenated alkanes) is 1. The predicted octanol–water partition coefficient (Wildman–Crippen LogP) is -0.0450. The van der Waals surface area contributed by atoms with Crippen molar-refractivity contribution in [3.63, 3.8) is 0 Å². The zero-order valence-corrected chi connectivity index (χ0v) is 17.9. The highest BCUT2D eigenvalue weighted by Crippen LogP contribution is 2.47. The molecule has 3 rings (SSSR count). The third-order valence-corrected chi connectivity index (χ3v) is 6.32. The Hall–Kier alpha value is -2.61. The molecule has 1 aromatic rings. The van der Waals surface area contributed by atoms with E-state index in [9.17, 15) is 24.6 Å². The Kier molecular flexibility index (Phi) is 6.08. The summed E-state index contributed by atoms with van der Waals surface area (Å²) in [5.74, 6) is -3.75. The summed E-state index contributed by atoms with van der Waals surface area (Å²) < 4.78 is 5.13. The lowest BCUT2D eigenvalue weighted by Gasteiger charge is -2.34. The number of nitrogens with zero attached hydrogens (tertiary/aromatic N) is 1. The zero-order chi connectivity index (χ0) is 22.2. The quantitative estimate of drug-likeness (QED) is 0.571. The van der Waals surface area contributed by atoms with Gasteiger partial charge in [0.05, 0.1) is 12.7 Å². The molecule has 0 aromatic heterocycles. The minimum absolute atomic E-state index is 0.0318. The fraction of sp³-hybridized carbons (Fsp3) is 0.591. The lowest BCUT2D eigenvalue weighted by Crippen LogP contribution is -2.99. The van der Waals surface area contributed by atoms with Crippen LogP contribution in [0.25, 0.3) is 0 Å². The molecule has 2 saturated heterocycles. The molecule has 8 nitrogen and oxygen atoms in total. The van der Waals surface area contributed by atoms with Gasteiger partial charge in [-0.2, -0.15) is 0 Å². The molecule has 0 saturated carbocycles. The number of rotatable bonds is 8. The monoisotopic (exact) mass is 418 g/mol. The van der Waals surface area contributed by atoms with Gasteiger partial charge in [0.15, 0.2) is 0 Å². The topological polar surface area (TPSA) is 124 Å². The summed E-state index contributed by atoms with van der Waals surface area (Å²) >= 11 is 0. The number of carboxylic acid groups (broad SMARTS) is 1. The number of aromatic hydroxyl groups is 1. The Bertz CT molecular complexity index is 854. The number of aliphatic carboxylic acids is 1. The van der Waals surface area contributed by atoms with Gasteiger partial charge in [-0.05, 0) is 24.5 Å². The van der Waals surface area contributed by atoms with Crippen LogP contribution in [-0.4, -0.2) is 47.0 Å². The molecule has 0 radical (unpaired) electrons. The van der Waals surface area contributed by atoms with E-state index in [1.54, 1.807) is 17.4 Å². The third kappa shape index (κ3) is 3.43. The number of ether oxygens (including phenoxy) is 1. The van der Waals surface area contributed by atoms with Crippen molar-refractivity contribution in [1.29, 1.82) is 0 Å². The summed E-state index contributed by atoms with van der Waals surface area (Å²) in [7, 11) is 1.47. The molecular formula is C22H30N2O6. The Morgan fingerprint density at radius 1 is 1.33 bits per heavy atom. The van der Waals surface area contributed by atoms with Gasteiger partial charge in [-0.15, -0.1) is 0 Å². The molecule has 2 aliphatic rings. The summed E-state index contributed by atoms with van der Waals surface area (Å²) in [6, 6.07) is 3.99. The predicted molar refractivity (Wildman–Crippen MR) is 105 cm³/mol. The van der Waals surface area contributed by atoms with E-state index in [4.69, 9.17) is 4.74 Å². The van der Waals surface area contributed by atoms with Crippen LogP contribution in [0.15, 0.2) is 18.2 Å². The zero-order valence-electron chi connectivity index (χ0n) is 17.9. The largest absolute Gasteiger partial charge is 0.544 e. The van der Waals surface area contributed by atoms with Gasteiger partial charge in [-0.1, -0.05) is 27.2 Å². The molecule has 2 fully saturated rings. The van der Waals surface area contributed by atoms with Crippen LogP contribution in [0.5, 0.6) is 11.5 Å². The molecule has 0 aliphatic carbocycles. The summed E-state index contributed by atoms with van der Waals surface area (Å²) in [5.41, 5.74) is -1.15. The molecular weight excluding hydrogens is 388 g/mol. The Balaban J connectivity index is 2.12. The Morgan fingerprint density at radius 2 is 2.03 bits per heavy atom. The molecule has 164 valence electrons. The number of imide groups is 1. The maximum Gasteiger partial charge on any atom is 0.240 e. The van der Waals surface area contributed by atoms with Gasteiger partial charge in [-0.25, -0.2) is 0 Å². The molecule has 0 bridgehead atoms. The number of methoxy groups -OCH3 is 1. The van der Waals surface area contributed by atoms with E-state index in [-0.39, 0.29) is 30.5 Å². The number of amides is 2. The van der Waals surface area contributed by atoms with E-state index < -0.39 is 35.3 Å². The van der Waals surface area contributed by atoms with Gasteiger partial charge in [0.25, 0.3) is 0 Å². The first-order valence-electron chi connectivity index (χ1n) is 10.5. The van der Waals surface area contributed by atoms with Gasteiger partial charge in [0, 0.05) is 19.0 Å². The molecule has 0 unspecified atom stereocenters. The average molecular weight is 418 g/mol. The van der Waals surface area contributed by atoms with Crippen molar-refractivity contribution in [1.82, 2.24) is 4.90 Å². The second-order valence-electron chi connectivity index (χ2n) is 8.73. The van der Waals surface area contributed by atoms with E-state index >= 15 is 0 Å². The van der Waals surface area contributed by atoms with Gasteiger partial charge in [0.2, 0.25) is 11.8 Å². The molecule has 2 heterocycles. The molecule has 0 spiro atoms. The van der Waals surface area contributed by atoms with Gasteiger partial charge >= 0.3 is 0 Å². The molecule has 1 aromatic carbocycles. The molecule has 2 aliphatic heterocycles. The normalized spacial score (nSPS) is 28.3. The number of fused-ring (bicyclic) bond motifs is 1. The van der Waals surface area contributed by atoms with Crippen molar-refractivity contribution >= 4 is 17.8 Å². The van der Waals surface area contributed by atoms with Crippen LogP contribution in [-0.2, 0) is 14.4 Å². The Labute approximate surface area is 176 Å². The SMILES string of the molecule is CCCCN1C(=O)[C@H]2[C@@H](c3ccc(OC)cc3O)[NH2+][C@@](CC(C)C)(C(=O)[O-])[C@@H]2C1=O. The lowest BCUT2D eigenvalue weighted by atomic mass is 9.75. The molecule has 4 atom stereocenters. The third-order valence-electron chi connectivity index (χ3n) is 6.32. The summed E-state index contributed by atoms with van der Waals surface area (Å²) in [4.78, 5) is 40.2. The molecule has 8 heteroatoms. The maximum absolute atomic E-state index is 13.3. The van der Waals surface area contributed by atoms with Crippen molar-refractivity contribution in [3.05, 3.63) is 23.8 Å². The fourth-order valence-corrected chi connectivity index (χ4v) is 5.08. The van der Waals surface area contributed by atoms with Gasteiger partial charge in [0.1, 0.15) is 40.9 Å². The number of carbonyl (C=O) groups is 3. The summed E-state index contributed by atoms with van der Waals surface area (Å²) in [6.07, 6.45) is 1.64. The standard InChI is InChI=1S/C22H30N2O6/c1-5-6-9-24-19(26)16-17(20(24)27)22(21(28)29,11-12(2)3)23-18(16)14-8-7-13(30-4)10-15(14)25/h7-8,10,12,16-18,23,25H,5-6,9,11H2,1-4H3,(H,28,29)/t16-,17+,18-,22-/m1/s1. The van der Waals surface area contributed by atoms with Crippen LogP contribution < -0.4 is 15.2 Å². The van der Waals surface area contributed by atoms with Gasteiger partial charge < -0.3 is 25.1 Å². The van der Waals surface area contributed by atoms with Crippen LogP contribution in [0.3, 0.4) is 0 Å². The van der Waals surface area contributed by atoms with Crippen LogP contribution in [0.2, 0.25) is 0 Å². The molecule has 2 amide bonds. The molecule has 3 N–H and O–H groups in total. The minimum Gasteiger partial charge on any atom is -0.544 e. The second kappa shape index (κ2) is 8.26. The average Bonchev–Trinajstić information content (AvgIpc) is 3.14. The van der Waals surface area contributed by atoms with Crippen LogP contribution in [0, 0.1) is 17.8 Å². The van der Waals surface area contributed by atoms with Crippen molar-refractivity contribution in [2.24, 2.45) is 17.8 Å². The number of hydrogen-bond acceptors (Lipinski definition) is 6. The van der Waals surface area contributed by atoms with Crippen LogP contribution >= 0.6 is 0 Å². The number of hydrogen-bond donors (Lipinski definition) is 2. The van der Waals surface area contributed by atoms with E-state index in [0.717, 1.165) is 6.42 Å². The van der Waals surface area contributed by atoms with Crippen molar-refractivity contribution in [2.45, 2.75) is 51.6 Å². The van der Waals surface area contributed by atoms with E-state index in [1.165, 1.54) is 18.1 Å². The number of phenolic OH excluding ortho intramolecular Hbond substituents is 1. The molecule has 30 heavy (non-hydrogen) atoms. The number of likely N-dealkylation sites (tertiary alicyclic amines) is 1. The first kappa shape index (κ1) is 22.1. The highest BCUT2D eigenvalue weighted by Gasteiger charge is 2.69. The Morgan fingerprint density at radius 3 is 2.57 bits per heavy atom. The van der Waals surface area contributed by atoms with E-state index in [1.807, 2.05) is 20.8 Å². The summed E-state index contributed by atoms with van der Waals surface area (Å²) in [5, 5.41) is 24.6. The van der Waals surface area contributed by atoms with Crippen molar-refractivity contribution < 1.29 is 34.7 Å². The van der Waals surface area contributed by atoms with Gasteiger partial charge in [-0.3, -0.25) is 14.5 Å². The maximum atomic E-state index is 13.3. The number of quaternary nitrogens is 1. The number of nitrogens with two attached hydrogens (primary N) is 1. The highest BCUT2D eigenvalue weighted by molar-refractivity contribution is 6.08. The van der Waals surface area contributed by atoms with E-state index in [2.05, 4.69) is 0 Å². The van der Waals surface area contributed by atoms with Crippen LogP contribution in [0.1, 0.15) is 51.6 Å². The summed E-state index contributed by atoms with van der Waals surface area (Å²) in [6.45, 7) is 5.99.